The molecule has 1 aliphatic heterocycles. The molecule has 3 heterocycles. The number of piperidine rings is 1. The summed E-state index contributed by atoms with van der Waals surface area (Å²) in [4.78, 5) is 15.4. The van der Waals surface area contributed by atoms with Gasteiger partial charge in [0.05, 0.1) is 11.0 Å². The Morgan fingerprint density at radius 1 is 1.25 bits per heavy atom. The van der Waals surface area contributed by atoms with E-state index in [2.05, 4.69) is 51.6 Å². The van der Waals surface area contributed by atoms with Crippen LogP contribution >= 0.6 is 0 Å². The van der Waals surface area contributed by atoms with Crippen LogP contribution in [0.2, 0.25) is 0 Å². The molecule has 1 saturated heterocycles. The van der Waals surface area contributed by atoms with E-state index in [1.54, 1.807) is 0 Å². The first kappa shape index (κ1) is 15.4. The van der Waals surface area contributed by atoms with Crippen LogP contribution in [0, 0.1) is 6.92 Å². The lowest BCUT2D eigenvalue weighted by Gasteiger charge is -2.30. The number of nitrogens with zero attached hydrogens (tertiary/aromatic N) is 4. The van der Waals surface area contributed by atoms with E-state index >= 15 is 0 Å². The molecule has 0 radical (unpaired) electrons. The Kier molecular flexibility index (Phi) is 4.10. The highest BCUT2D eigenvalue weighted by molar-refractivity contribution is 5.78. The zero-order valence-corrected chi connectivity index (χ0v) is 14.5. The standard InChI is InChI=1S/C19H25N5/c1-14-4-3-5-16-18(14)22-19(21-16)15-6-10-24(11-7-15)12-8-17-20-9-13-23(17)2/h3-5,9,13,15H,6-8,10-12H2,1-2H3,(H,21,22). The number of aryl methyl sites for hydroxylation is 2. The number of rotatable bonds is 4. The summed E-state index contributed by atoms with van der Waals surface area (Å²) in [5, 5.41) is 0. The number of aromatic amines is 1. The fraction of sp³-hybridized carbons (Fsp3) is 0.474. The maximum Gasteiger partial charge on any atom is 0.110 e. The highest BCUT2D eigenvalue weighted by Gasteiger charge is 2.23. The van der Waals surface area contributed by atoms with Crippen molar-refractivity contribution in [1.82, 2.24) is 24.4 Å². The van der Waals surface area contributed by atoms with Crippen molar-refractivity contribution in [3.8, 4) is 0 Å². The van der Waals surface area contributed by atoms with Crippen LogP contribution in [0.4, 0.5) is 0 Å². The predicted molar refractivity (Wildman–Crippen MR) is 96.2 cm³/mol. The molecule has 0 aliphatic carbocycles. The SMILES string of the molecule is Cc1cccc2[nH]c(C3CCN(CCc4nccn4C)CC3)nc12. The van der Waals surface area contributed by atoms with Gasteiger partial charge >= 0.3 is 0 Å². The Hall–Kier alpha value is -2.14. The van der Waals surface area contributed by atoms with Gasteiger partial charge in [-0.15, -0.1) is 0 Å². The lowest BCUT2D eigenvalue weighted by Crippen LogP contribution is -2.35. The van der Waals surface area contributed by atoms with Gasteiger partial charge in [-0.1, -0.05) is 12.1 Å². The molecule has 1 fully saturated rings. The molecule has 126 valence electrons. The third-order valence-corrected chi connectivity index (χ3v) is 5.28. The highest BCUT2D eigenvalue weighted by atomic mass is 15.1. The molecule has 0 unspecified atom stereocenters. The molecular formula is C19H25N5. The molecule has 24 heavy (non-hydrogen) atoms. The van der Waals surface area contributed by atoms with E-state index in [9.17, 15) is 0 Å². The van der Waals surface area contributed by atoms with Gasteiger partial charge in [0.25, 0.3) is 0 Å². The van der Waals surface area contributed by atoms with Gasteiger partial charge in [0, 0.05) is 38.3 Å². The Morgan fingerprint density at radius 2 is 2.08 bits per heavy atom. The van der Waals surface area contributed by atoms with E-state index < -0.39 is 0 Å². The molecule has 0 bridgehead atoms. The average molecular weight is 323 g/mol. The first-order chi connectivity index (χ1) is 11.7. The second kappa shape index (κ2) is 6.40. The summed E-state index contributed by atoms with van der Waals surface area (Å²) in [6.07, 6.45) is 7.28. The van der Waals surface area contributed by atoms with Gasteiger partial charge in [0.15, 0.2) is 0 Å². The number of hydrogen-bond acceptors (Lipinski definition) is 3. The lowest BCUT2D eigenvalue weighted by molar-refractivity contribution is 0.210. The fourth-order valence-corrected chi connectivity index (χ4v) is 3.71. The van der Waals surface area contributed by atoms with E-state index in [0.717, 1.165) is 31.6 Å². The Labute approximate surface area is 142 Å². The molecular weight excluding hydrogens is 298 g/mol. The number of likely N-dealkylation sites (tertiary alicyclic amines) is 1. The second-order valence-corrected chi connectivity index (χ2v) is 6.91. The van der Waals surface area contributed by atoms with E-state index in [4.69, 9.17) is 4.98 Å². The van der Waals surface area contributed by atoms with Crippen LogP contribution in [0.3, 0.4) is 0 Å². The van der Waals surface area contributed by atoms with Gasteiger partial charge in [-0.2, -0.15) is 0 Å². The largest absolute Gasteiger partial charge is 0.342 e. The number of hydrogen-bond donors (Lipinski definition) is 1. The number of imidazole rings is 2. The van der Waals surface area contributed by atoms with E-state index in [0.29, 0.717) is 5.92 Å². The first-order valence-corrected chi connectivity index (χ1v) is 8.84. The third-order valence-electron chi connectivity index (χ3n) is 5.28. The van der Waals surface area contributed by atoms with Crippen molar-refractivity contribution in [2.75, 3.05) is 19.6 Å². The second-order valence-electron chi connectivity index (χ2n) is 6.91. The quantitative estimate of drug-likeness (QED) is 0.803. The van der Waals surface area contributed by atoms with Gasteiger partial charge in [-0.25, -0.2) is 9.97 Å². The monoisotopic (exact) mass is 323 g/mol. The van der Waals surface area contributed by atoms with Gasteiger partial charge in [0.1, 0.15) is 11.6 Å². The predicted octanol–water partition coefficient (Wildman–Crippen LogP) is 3.03. The molecule has 3 aromatic rings. The number of fused-ring (bicyclic) bond motifs is 1. The summed E-state index contributed by atoms with van der Waals surface area (Å²) >= 11 is 0. The van der Waals surface area contributed by atoms with Crippen LogP contribution in [0.25, 0.3) is 11.0 Å². The summed E-state index contributed by atoms with van der Waals surface area (Å²) in [7, 11) is 2.07. The zero-order chi connectivity index (χ0) is 16.5. The topological polar surface area (TPSA) is 49.7 Å². The summed E-state index contributed by atoms with van der Waals surface area (Å²) in [6, 6.07) is 6.36. The first-order valence-electron chi connectivity index (χ1n) is 8.84. The molecule has 1 aliphatic rings. The smallest absolute Gasteiger partial charge is 0.110 e. The molecule has 4 rings (SSSR count). The maximum absolute atomic E-state index is 4.87. The van der Waals surface area contributed by atoms with Crippen LogP contribution < -0.4 is 0 Å². The Balaban J connectivity index is 1.37. The molecule has 2 aromatic heterocycles. The number of benzene rings is 1. The van der Waals surface area contributed by atoms with Gasteiger partial charge < -0.3 is 14.5 Å². The number of aromatic nitrogens is 4. The molecule has 5 nitrogen and oxygen atoms in total. The van der Waals surface area contributed by atoms with Crippen LogP contribution in [0.15, 0.2) is 30.6 Å². The third kappa shape index (κ3) is 2.96. The van der Waals surface area contributed by atoms with Gasteiger partial charge in [0.2, 0.25) is 0 Å². The van der Waals surface area contributed by atoms with E-state index in [1.807, 2.05) is 12.4 Å². The van der Waals surface area contributed by atoms with Crippen molar-refractivity contribution in [3.05, 3.63) is 47.8 Å². The maximum atomic E-state index is 4.87. The number of H-pyrrole nitrogens is 1. The van der Waals surface area contributed by atoms with Crippen molar-refractivity contribution in [1.29, 1.82) is 0 Å². The van der Waals surface area contributed by atoms with Crippen molar-refractivity contribution >= 4 is 11.0 Å². The van der Waals surface area contributed by atoms with Gasteiger partial charge in [-0.3, -0.25) is 0 Å². The highest BCUT2D eigenvalue weighted by Crippen LogP contribution is 2.28. The molecule has 0 spiro atoms. The average Bonchev–Trinajstić information content (AvgIpc) is 3.20. The van der Waals surface area contributed by atoms with Crippen molar-refractivity contribution in [2.45, 2.75) is 32.1 Å². The Bertz CT molecular complexity index is 823. The Morgan fingerprint density at radius 3 is 2.79 bits per heavy atom. The molecule has 1 N–H and O–H groups in total. The summed E-state index contributed by atoms with van der Waals surface area (Å²) in [5.41, 5.74) is 3.55. The zero-order valence-electron chi connectivity index (χ0n) is 14.5. The van der Waals surface area contributed by atoms with Crippen molar-refractivity contribution in [3.63, 3.8) is 0 Å². The normalized spacial score (nSPS) is 16.9. The molecule has 0 amide bonds. The van der Waals surface area contributed by atoms with Gasteiger partial charge in [-0.05, 0) is 44.5 Å². The van der Waals surface area contributed by atoms with Crippen LogP contribution in [0.1, 0.15) is 36.0 Å². The van der Waals surface area contributed by atoms with Crippen molar-refractivity contribution in [2.24, 2.45) is 7.05 Å². The summed E-state index contributed by atoms with van der Waals surface area (Å²) in [6.45, 7) is 5.51. The minimum atomic E-state index is 0.557. The molecule has 0 saturated carbocycles. The summed E-state index contributed by atoms with van der Waals surface area (Å²) < 4.78 is 2.11. The van der Waals surface area contributed by atoms with E-state index in [-0.39, 0.29) is 0 Å². The minimum absolute atomic E-state index is 0.557. The van der Waals surface area contributed by atoms with Crippen LogP contribution in [-0.2, 0) is 13.5 Å². The van der Waals surface area contributed by atoms with Crippen molar-refractivity contribution < 1.29 is 0 Å². The van der Waals surface area contributed by atoms with E-state index in [1.165, 1.54) is 35.6 Å². The minimum Gasteiger partial charge on any atom is -0.342 e. The number of nitrogens with one attached hydrogen (secondary N) is 1. The summed E-state index contributed by atoms with van der Waals surface area (Å²) in [5.74, 6) is 2.90. The lowest BCUT2D eigenvalue weighted by atomic mass is 9.96. The molecule has 0 atom stereocenters. The van der Waals surface area contributed by atoms with Crippen LogP contribution in [0.5, 0.6) is 0 Å². The fourth-order valence-electron chi connectivity index (χ4n) is 3.71. The molecule has 1 aromatic carbocycles. The number of para-hydroxylation sites is 1. The molecule has 5 heteroatoms. The van der Waals surface area contributed by atoms with Crippen LogP contribution in [-0.4, -0.2) is 44.1 Å².